The fourth-order valence-electron chi connectivity index (χ4n) is 2.64. The lowest BCUT2D eigenvalue weighted by Gasteiger charge is -2.14. The number of aromatic nitrogens is 2. The molecular weight excluding hydrogens is 288 g/mol. The Morgan fingerprint density at radius 3 is 2.70 bits per heavy atom. The summed E-state index contributed by atoms with van der Waals surface area (Å²) >= 11 is 0. The Balaban J connectivity index is 1.68. The molecule has 120 valence electrons. The molecule has 0 spiro atoms. The number of imidazole rings is 1. The van der Waals surface area contributed by atoms with E-state index in [-0.39, 0.29) is 6.61 Å². The molecule has 0 aliphatic heterocycles. The van der Waals surface area contributed by atoms with Crippen LogP contribution in [0.5, 0.6) is 5.75 Å². The minimum absolute atomic E-state index is 0.258. The molecule has 0 fully saturated rings. The van der Waals surface area contributed by atoms with E-state index in [1.54, 1.807) is 6.33 Å². The maximum atomic E-state index is 10.3. The van der Waals surface area contributed by atoms with Crippen LogP contribution in [0.1, 0.15) is 16.7 Å². The summed E-state index contributed by atoms with van der Waals surface area (Å²) < 4.78 is 7.65. The fourth-order valence-corrected chi connectivity index (χ4v) is 2.64. The second-order valence-electron chi connectivity index (χ2n) is 6.10. The number of rotatable bonds is 5. The molecule has 0 aliphatic carbocycles. The van der Waals surface area contributed by atoms with Gasteiger partial charge in [-0.3, -0.25) is 0 Å². The number of ether oxygens (including phenoxy) is 1. The molecule has 0 saturated carbocycles. The number of hydrogen-bond acceptors (Lipinski definition) is 3. The minimum Gasteiger partial charge on any atom is -0.491 e. The molecule has 3 rings (SSSR count). The first-order valence-electron chi connectivity index (χ1n) is 7.82. The van der Waals surface area contributed by atoms with E-state index in [0.717, 1.165) is 22.3 Å². The van der Waals surface area contributed by atoms with Crippen LogP contribution in [0.4, 0.5) is 0 Å². The largest absolute Gasteiger partial charge is 0.491 e. The fraction of sp³-hybridized carbons (Fsp3) is 0.316. The smallest absolute Gasteiger partial charge is 0.119 e. The maximum Gasteiger partial charge on any atom is 0.119 e. The van der Waals surface area contributed by atoms with E-state index in [0.29, 0.717) is 6.54 Å². The van der Waals surface area contributed by atoms with Crippen LogP contribution in [0.25, 0.3) is 11.0 Å². The lowest BCUT2D eigenvalue weighted by molar-refractivity contribution is 0.0934. The number of aliphatic hydroxyl groups excluding tert-OH is 1. The van der Waals surface area contributed by atoms with Gasteiger partial charge in [-0.15, -0.1) is 0 Å². The second-order valence-corrected chi connectivity index (χ2v) is 6.10. The summed E-state index contributed by atoms with van der Waals surface area (Å²) in [6.07, 6.45) is 1.19. The highest BCUT2D eigenvalue weighted by atomic mass is 16.5. The van der Waals surface area contributed by atoms with E-state index in [1.807, 2.05) is 35.8 Å². The molecule has 1 atom stereocenters. The second kappa shape index (κ2) is 6.42. The zero-order chi connectivity index (χ0) is 16.4. The number of aliphatic hydroxyl groups is 1. The van der Waals surface area contributed by atoms with Crippen molar-refractivity contribution in [3.05, 3.63) is 59.4 Å². The molecule has 1 N–H and O–H groups in total. The molecule has 4 heteroatoms. The minimum atomic E-state index is -0.588. The first-order valence-corrected chi connectivity index (χ1v) is 7.82. The molecule has 1 unspecified atom stereocenters. The van der Waals surface area contributed by atoms with Gasteiger partial charge in [0.1, 0.15) is 18.5 Å². The number of hydrogen-bond donors (Lipinski definition) is 1. The Morgan fingerprint density at radius 2 is 1.91 bits per heavy atom. The van der Waals surface area contributed by atoms with Crippen LogP contribution in [0.3, 0.4) is 0 Å². The Hall–Kier alpha value is -2.33. The third-order valence-corrected chi connectivity index (χ3v) is 4.08. The van der Waals surface area contributed by atoms with Gasteiger partial charge in [-0.1, -0.05) is 12.1 Å². The van der Waals surface area contributed by atoms with E-state index in [2.05, 4.69) is 31.0 Å². The SMILES string of the molecule is Cc1cccc(OCC(O)Cn2cnc3cc(C)c(C)cc32)c1. The highest BCUT2D eigenvalue weighted by molar-refractivity contribution is 5.77. The lowest BCUT2D eigenvalue weighted by atomic mass is 10.1. The average Bonchev–Trinajstić information content (AvgIpc) is 2.88. The van der Waals surface area contributed by atoms with Crippen molar-refractivity contribution in [2.24, 2.45) is 0 Å². The molecule has 0 saturated heterocycles. The van der Waals surface area contributed by atoms with Gasteiger partial charge >= 0.3 is 0 Å². The Bertz CT molecular complexity index is 823. The molecule has 3 aromatic rings. The first-order chi connectivity index (χ1) is 11.0. The van der Waals surface area contributed by atoms with Gasteiger partial charge in [-0.25, -0.2) is 4.98 Å². The van der Waals surface area contributed by atoms with Gasteiger partial charge in [0, 0.05) is 0 Å². The van der Waals surface area contributed by atoms with Crippen molar-refractivity contribution in [2.75, 3.05) is 6.61 Å². The van der Waals surface area contributed by atoms with E-state index in [1.165, 1.54) is 11.1 Å². The molecule has 23 heavy (non-hydrogen) atoms. The van der Waals surface area contributed by atoms with Gasteiger partial charge < -0.3 is 14.4 Å². The van der Waals surface area contributed by atoms with Crippen LogP contribution in [0, 0.1) is 20.8 Å². The van der Waals surface area contributed by atoms with Gasteiger partial charge in [-0.05, 0) is 61.7 Å². The average molecular weight is 310 g/mol. The van der Waals surface area contributed by atoms with E-state index in [4.69, 9.17) is 4.74 Å². The molecular formula is C19H22N2O2. The van der Waals surface area contributed by atoms with Crippen molar-refractivity contribution in [1.29, 1.82) is 0 Å². The molecule has 1 aromatic heterocycles. The molecule has 1 heterocycles. The zero-order valence-corrected chi connectivity index (χ0v) is 13.8. The summed E-state index contributed by atoms with van der Waals surface area (Å²) in [5, 5.41) is 10.3. The van der Waals surface area contributed by atoms with Gasteiger partial charge in [-0.2, -0.15) is 0 Å². The van der Waals surface area contributed by atoms with Crippen molar-refractivity contribution in [2.45, 2.75) is 33.4 Å². The third-order valence-electron chi connectivity index (χ3n) is 4.08. The summed E-state index contributed by atoms with van der Waals surface area (Å²) in [5.41, 5.74) is 5.60. The van der Waals surface area contributed by atoms with Crippen molar-refractivity contribution >= 4 is 11.0 Å². The van der Waals surface area contributed by atoms with Crippen molar-refractivity contribution in [3.63, 3.8) is 0 Å². The summed E-state index contributed by atoms with van der Waals surface area (Å²) in [4.78, 5) is 4.41. The van der Waals surface area contributed by atoms with E-state index in [9.17, 15) is 5.11 Å². The first kappa shape index (κ1) is 15.6. The summed E-state index contributed by atoms with van der Waals surface area (Å²) in [6.45, 7) is 6.91. The third kappa shape index (κ3) is 3.54. The molecule has 0 amide bonds. The zero-order valence-electron chi connectivity index (χ0n) is 13.8. The van der Waals surface area contributed by atoms with E-state index >= 15 is 0 Å². The predicted molar refractivity (Wildman–Crippen MR) is 91.9 cm³/mol. The summed E-state index contributed by atoms with van der Waals surface area (Å²) in [7, 11) is 0. The van der Waals surface area contributed by atoms with Crippen LogP contribution in [0.2, 0.25) is 0 Å². The number of benzene rings is 2. The summed E-state index contributed by atoms with van der Waals surface area (Å²) in [5.74, 6) is 0.783. The highest BCUT2D eigenvalue weighted by Gasteiger charge is 2.10. The normalized spacial score (nSPS) is 12.5. The molecule has 0 aliphatic rings. The van der Waals surface area contributed by atoms with Gasteiger partial charge in [0.15, 0.2) is 0 Å². The van der Waals surface area contributed by atoms with Gasteiger partial charge in [0.25, 0.3) is 0 Å². The maximum absolute atomic E-state index is 10.3. The van der Waals surface area contributed by atoms with Crippen LogP contribution in [-0.2, 0) is 6.54 Å². The standard InChI is InChI=1S/C19H22N2O2/c1-13-5-4-6-17(7-13)23-11-16(22)10-21-12-20-18-8-14(2)15(3)9-19(18)21/h4-9,12,16,22H,10-11H2,1-3H3. The summed E-state index contributed by atoms with van der Waals surface area (Å²) in [6, 6.07) is 12.0. The van der Waals surface area contributed by atoms with E-state index < -0.39 is 6.10 Å². The van der Waals surface area contributed by atoms with Crippen LogP contribution in [-0.4, -0.2) is 27.4 Å². The van der Waals surface area contributed by atoms with Gasteiger partial charge in [0.05, 0.1) is 23.9 Å². The Kier molecular flexibility index (Phi) is 4.35. The highest BCUT2D eigenvalue weighted by Crippen LogP contribution is 2.19. The molecule has 0 bridgehead atoms. The van der Waals surface area contributed by atoms with Crippen LogP contribution in [0.15, 0.2) is 42.7 Å². The monoisotopic (exact) mass is 310 g/mol. The number of aryl methyl sites for hydroxylation is 3. The molecule has 4 nitrogen and oxygen atoms in total. The Labute approximate surface area is 136 Å². The Morgan fingerprint density at radius 1 is 1.13 bits per heavy atom. The topological polar surface area (TPSA) is 47.3 Å². The lowest BCUT2D eigenvalue weighted by Crippen LogP contribution is -2.23. The molecule has 2 aromatic carbocycles. The number of nitrogens with zero attached hydrogens (tertiary/aromatic N) is 2. The van der Waals surface area contributed by atoms with Crippen LogP contribution < -0.4 is 4.74 Å². The van der Waals surface area contributed by atoms with Gasteiger partial charge in [0.2, 0.25) is 0 Å². The number of fused-ring (bicyclic) bond motifs is 1. The predicted octanol–water partition coefficient (Wildman–Crippen LogP) is 3.40. The van der Waals surface area contributed by atoms with Crippen LogP contribution >= 0.6 is 0 Å². The van der Waals surface area contributed by atoms with Crippen molar-refractivity contribution in [1.82, 2.24) is 9.55 Å². The van der Waals surface area contributed by atoms with Crippen molar-refractivity contribution in [3.8, 4) is 5.75 Å². The van der Waals surface area contributed by atoms with Crippen molar-refractivity contribution < 1.29 is 9.84 Å². The molecule has 0 radical (unpaired) electrons. The quantitative estimate of drug-likeness (QED) is 0.785.